The number of aryl methyl sites for hydroxylation is 1. The fourth-order valence-electron chi connectivity index (χ4n) is 3.84. The largest absolute Gasteiger partial charge is 0.453 e. The quantitative estimate of drug-likeness (QED) is 0.562. The lowest BCUT2D eigenvalue weighted by Gasteiger charge is -2.29. The van der Waals surface area contributed by atoms with Crippen LogP contribution in [-0.4, -0.2) is 38.1 Å². The molecule has 31 heavy (non-hydrogen) atoms. The summed E-state index contributed by atoms with van der Waals surface area (Å²) in [5.41, 5.74) is 1.68. The van der Waals surface area contributed by atoms with Crippen molar-refractivity contribution in [3.63, 3.8) is 0 Å². The van der Waals surface area contributed by atoms with E-state index in [0.29, 0.717) is 41.2 Å². The zero-order valence-electron chi connectivity index (χ0n) is 17.5. The second kappa shape index (κ2) is 8.43. The van der Waals surface area contributed by atoms with E-state index in [4.69, 9.17) is 4.42 Å². The molecule has 1 aliphatic rings. The normalized spacial score (nSPS) is 16.0. The minimum absolute atomic E-state index is 0.0285. The van der Waals surface area contributed by atoms with E-state index in [2.05, 4.69) is 12.2 Å². The second-order valence-corrected chi connectivity index (χ2v) is 10.0. The van der Waals surface area contributed by atoms with Gasteiger partial charge in [0.15, 0.2) is 5.76 Å². The number of rotatable bonds is 6. The summed E-state index contributed by atoms with van der Waals surface area (Å²) < 4.78 is 46.2. The molecule has 2 heterocycles. The molecular weight excluding hydrogens is 419 g/mol. The highest BCUT2D eigenvalue weighted by molar-refractivity contribution is 7.89. The fraction of sp³-hybridized carbons (Fsp3) is 0.348. The Kier molecular flexibility index (Phi) is 5.85. The number of carbonyl (C=O) groups is 1. The predicted octanol–water partition coefficient (Wildman–Crippen LogP) is 4.60. The van der Waals surface area contributed by atoms with E-state index in [1.165, 1.54) is 22.5 Å². The lowest BCUT2D eigenvalue weighted by molar-refractivity contribution is 0.0981. The number of nitrogens with zero attached hydrogens (tertiary/aromatic N) is 1. The van der Waals surface area contributed by atoms with Crippen LogP contribution in [-0.2, 0) is 10.0 Å². The number of benzene rings is 2. The number of furan rings is 1. The van der Waals surface area contributed by atoms with Gasteiger partial charge in [-0.1, -0.05) is 6.92 Å². The SMILES string of the molecule is Cc1c(C(=O)CNc2ccc(S(=O)(=O)N3CCC(C)CC3)cc2)oc2ccc(F)cc12. The minimum atomic E-state index is -3.51. The van der Waals surface area contributed by atoms with Crippen LogP contribution >= 0.6 is 0 Å². The van der Waals surface area contributed by atoms with Crippen LogP contribution in [0, 0.1) is 18.7 Å². The first-order chi connectivity index (χ1) is 14.8. The molecule has 0 saturated carbocycles. The molecule has 0 radical (unpaired) electrons. The van der Waals surface area contributed by atoms with Crippen molar-refractivity contribution in [2.24, 2.45) is 5.92 Å². The van der Waals surface area contributed by atoms with Gasteiger partial charge in [0.1, 0.15) is 11.4 Å². The number of halogens is 1. The summed E-state index contributed by atoms with van der Waals surface area (Å²) in [6, 6.07) is 10.5. The summed E-state index contributed by atoms with van der Waals surface area (Å²) in [5.74, 6) is 0.0764. The molecule has 2 aromatic carbocycles. The number of piperidine rings is 1. The van der Waals surface area contributed by atoms with Gasteiger partial charge in [0.05, 0.1) is 11.4 Å². The molecule has 3 aromatic rings. The summed E-state index contributed by atoms with van der Waals surface area (Å²) in [6.45, 7) is 4.91. The number of sulfonamides is 1. The first kappa shape index (κ1) is 21.5. The third kappa shape index (κ3) is 4.36. The Bertz CT molecular complexity index is 1210. The molecule has 6 nitrogen and oxygen atoms in total. The van der Waals surface area contributed by atoms with Crippen LogP contribution in [0.4, 0.5) is 10.1 Å². The highest BCUT2D eigenvalue weighted by Crippen LogP contribution is 2.27. The van der Waals surface area contributed by atoms with Crippen molar-refractivity contribution in [1.29, 1.82) is 0 Å². The number of hydrogen-bond acceptors (Lipinski definition) is 5. The molecule has 1 aliphatic heterocycles. The lowest BCUT2D eigenvalue weighted by Crippen LogP contribution is -2.37. The van der Waals surface area contributed by atoms with Crippen LogP contribution in [0.1, 0.15) is 35.9 Å². The Morgan fingerprint density at radius 2 is 1.84 bits per heavy atom. The number of hydrogen-bond donors (Lipinski definition) is 1. The number of anilines is 1. The maximum absolute atomic E-state index is 13.5. The van der Waals surface area contributed by atoms with Crippen LogP contribution in [0.2, 0.25) is 0 Å². The average Bonchev–Trinajstić information content (AvgIpc) is 3.08. The van der Waals surface area contributed by atoms with E-state index in [0.717, 1.165) is 12.8 Å². The molecule has 1 N–H and O–H groups in total. The maximum atomic E-state index is 13.5. The number of ketones is 1. The molecule has 1 saturated heterocycles. The molecule has 0 spiro atoms. The molecule has 0 bridgehead atoms. The summed E-state index contributed by atoms with van der Waals surface area (Å²) in [4.78, 5) is 12.8. The zero-order valence-corrected chi connectivity index (χ0v) is 18.3. The van der Waals surface area contributed by atoms with Crippen molar-refractivity contribution in [2.75, 3.05) is 25.0 Å². The van der Waals surface area contributed by atoms with Gasteiger partial charge in [0.25, 0.3) is 0 Å². The van der Waals surface area contributed by atoms with Crippen LogP contribution in [0.25, 0.3) is 11.0 Å². The molecule has 0 amide bonds. The van der Waals surface area contributed by atoms with Gasteiger partial charge in [-0.15, -0.1) is 0 Å². The second-order valence-electron chi connectivity index (χ2n) is 8.08. The smallest absolute Gasteiger partial charge is 0.243 e. The van der Waals surface area contributed by atoms with Crippen molar-refractivity contribution in [2.45, 2.75) is 31.6 Å². The third-order valence-electron chi connectivity index (χ3n) is 5.84. The van der Waals surface area contributed by atoms with Gasteiger partial charge in [-0.2, -0.15) is 4.31 Å². The third-order valence-corrected chi connectivity index (χ3v) is 7.75. The Morgan fingerprint density at radius 1 is 1.16 bits per heavy atom. The van der Waals surface area contributed by atoms with Gasteiger partial charge >= 0.3 is 0 Å². The van der Waals surface area contributed by atoms with Crippen molar-refractivity contribution >= 4 is 32.5 Å². The topological polar surface area (TPSA) is 79.6 Å². The first-order valence-corrected chi connectivity index (χ1v) is 11.8. The van der Waals surface area contributed by atoms with Gasteiger partial charge in [0.2, 0.25) is 15.8 Å². The van der Waals surface area contributed by atoms with E-state index >= 15 is 0 Å². The van der Waals surface area contributed by atoms with E-state index < -0.39 is 10.0 Å². The fourth-order valence-corrected chi connectivity index (χ4v) is 5.31. The molecule has 8 heteroatoms. The maximum Gasteiger partial charge on any atom is 0.243 e. The first-order valence-electron chi connectivity index (χ1n) is 10.3. The van der Waals surface area contributed by atoms with E-state index in [1.54, 1.807) is 31.2 Å². The molecule has 4 rings (SSSR count). The van der Waals surface area contributed by atoms with Gasteiger partial charge in [0, 0.05) is 29.7 Å². The van der Waals surface area contributed by atoms with Gasteiger partial charge in [-0.3, -0.25) is 4.79 Å². The highest BCUT2D eigenvalue weighted by Gasteiger charge is 2.28. The average molecular weight is 445 g/mol. The Balaban J connectivity index is 1.43. The number of fused-ring (bicyclic) bond motifs is 1. The zero-order chi connectivity index (χ0) is 22.2. The molecule has 0 atom stereocenters. The number of nitrogens with one attached hydrogen (secondary N) is 1. The van der Waals surface area contributed by atoms with E-state index in [1.807, 2.05) is 0 Å². The standard InChI is InChI=1S/C23H25FN2O4S/c1-15-9-11-26(12-10-15)31(28,29)19-6-4-18(5-7-19)25-14-21(27)23-16(2)20-13-17(24)3-8-22(20)30-23/h3-8,13,15,25H,9-12,14H2,1-2H3. The summed E-state index contributed by atoms with van der Waals surface area (Å²) in [7, 11) is -3.51. The van der Waals surface area contributed by atoms with Crippen molar-refractivity contribution < 1.29 is 22.0 Å². The molecule has 1 fully saturated rings. The van der Waals surface area contributed by atoms with Crippen molar-refractivity contribution in [1.82, 2.24) is 4.31 Å². The summed E-state index contributed by atoms with van der Waals surface area (Å²) >= 11 is 0. The molecule has 0 aliphatic carbocycles. The van der Waals surface area contributed by atoms with E-state index in [-0.39, 0.29) is 28.8 Å². The van der Waals surface area contributed by atoms with Crippen LogP contribution in [0.15, 0.2) is 51.8 Å². The molecule has 1 aromatic heterocycles. The Labute approximate surface area is 181 Å². The van der Waals surface area contributed by atoms with Crippen molar-refractivity contribution in [3.05, 3.63) is 59.6 Å². The van der Waals surface area contributed by atoms with Gasteiger partial charge in [-0.25, -0.2) is 12.8 Å². The summed E-state index contributed by atoms with van der Waals surface area (Å²) in [5, 5.41) is 3.57. The molecule has 0 unspecified atom stereocenters. The van der Waals surface area contributed by atoms with Crippen LogP contribution < -0.4 is 5.32 Å². The van der Waals surface area contributed by atoms with Crippen molar-refractivity contribution in [3.8, 4) is 0 Å². The van der Waals surface area contributed by atoms with Crippen LogP contribution in [0.3, 0.4) is 0 Å². The number of Topliss-reactive ketones (excluding diaryl/α,β-unsaturated/α-hetero) is 1. The Hall–Kier alpha value is -2.71. The van der Waals surface area contributed by atoms with Gasteiger partial charge < -0.3 is 9.73 Å². The van der Waals surface area contributed by atoms with Crippen LogP contribution in [0.5, 0.6) is 0 Å². The van der Waals surface area contributed by atoms with Gasteiger partial charge in [-0.05, 0) is 68.1 Å². The number of carbonyl (C=O) groups excluding carboxylic acids is 1. The lowest BCUT2D eigenvalue weighted by atomic mass is 10.0. The Morgan fingerprint density at radius 3 is 2.52 bits per heavy atom. The minimum Gasteiger partial charge on any atom is -0.453 e. The predicted molar refractivity (Wildman–Crippen MR) is 117 cm³/mol. The highest BCUT2D eigenvalue weighted by atomic mass is 32.2. The monoisotopic (exact) mass is 444 g/mol. The summed E-state index contributed by atoms with van der Waals surface area (Å²) in [6.07, 6.45) is 1.74. The molecule has 164 valence electrons. The van der Waals surface area contributed by atoms with E-state index in [9.17, 15) is 17.6 Å². The molecular formula is C23H25FN2O4S.